The number of aliphatic carboxylic acids is 1. The summed E-state index contributed by atoms with van der Waals surface area (Å²) in [5.41, 5.74) is 0. The molecule has 1 N–H and O–H groups in total. The number of carbonyl (C=O) groups is 1. The number of nitrogens with one attached hydrogen (secondary N) is 1. The van der Waals surface area contributed by atoms with Crippen molar-refractivity contribution in [2.75, 3.05) is 14.1 Å². The van der Waals surface area contributed by atoms with E-state index in [2.05, 4.69) is 10.3 Å². The van der Waals surface area contributed by atoms with Crippen molar-refractivity contribution < 1.29 is 27.5 Å². The van der Waals surface area contributed by atoms with E-state index >= 15 is 0 Å². The quantitative estimate of drug-likeness (QED) is 0.249. The minimum Gasteiger partial charge on any atom is -0.542 e. The van der Waals surface area contributed by atoms with Gasteiger partial charge >= 0.3 is 6.18 Å². The highest BCUT2D eigenvalue weighted by atomic mass is 19.4. The number of carboxylic acid groups (broad SMARTS) is 1. The van der Waals surface area contributed by atoms with E-state index in [9.17, 15) is 17.6 Å². The molecule has 0 radical (unpaired) electrons. The highest BCUT2D eigenvalue weighted by Crippen LogP contribution is 2.11. The van der Waals surface area contributed by atoms with E-state index in [1.54, 1.807) is 0 Å². The zero-order valence-corrected chi connectivity index (χ0v) is 6.78. The number of amidine groups is 1. The summed E-state index contributed by atoms with van der Waals surface area (Å²) in [7, 11) is 2.86. The normalized spacial score (nSPS) is 11.4. The third-order valence-electron chi connectivity index (χ3n) is 0.634. The maximum absolute atomic E-state index is 11.5. The predicted octanol–water partition coefficient (Wildman–Crippen LogP) is -0.540. The first-order valence-electron chi connectivity index (χ1n) is 2.83. The third-order valence-corrected chi connectivity index (χ3v) is 0.634. The van der Waals surface area contributed by atoms with Gasteiger partial charge in [0.2, 0.25) is 0 Å². The van der Waals surface area contributed by atoms with Gasteiger partial charge < -0.3 is 15.2 Å². The van der Waals surface area contributed by atoms with Crippen LogP contribution in [0.1, 0.15) is 0 Å². The molecule has 0 aliphatic rings. The Morgan fingerprint density at radius 3 is 1.77 bits per heavy atom. The van der Waals surface area contributed by atoms with E-state index in [4.69, 9.17) is 9.90 Å². The monoisotopic (exact) mass is 203 g/mol. The summed E-state index contributed by atoms with van der Waals surface area (Å²) < 4.78 is 43.0. The first-order chi connectivity index (χ1) is 5.75. The summed E-state index contributed by atoms with van der Waals surface area (Å²) in [4.78, 5) is 11.9. The van der Waals surface area contributed by atoms with Crippen LogP contribution >= 0.6 is 0 Å². The molecule has 0 saturated carbocycles. The fraction of sp³-hybridized carbons (Fsp3) is 0.600. The van der Waals surface area contributed by atoms with Gasteiger partial charge in [0.15, 0.2) is 0 Å². The van der Waals surface area contributed by atoms with Crippen LogP contribution in [0.5, 0.6) is 0 Å². The molecule has 0 heterocycles. The van der Waals surface area contributed by atoms with Crippen molar-refractivity contribution >= 4 is 12.1 Å². The second-order valence-corrected chi connectivity index (χ2v) is 1.55. The van der Waals surface area contributed by atoms with Gasteiger partial charge in [-0.3, -0.25) is 0 Å². The summed E-state index contributed by atoms with van der Waals surface area (Å²) in [6.45, 7) is 0. The van der Waals surface area contributed by atoms with Crippen molar-refractivity contribution in [2.45, 2.75) is 6.18 Å². The van der Waals surface area contributed by atoms with Crippen molar-refractivity contribution in [1.82, 2.24) is 5.32 Å². The number of carbonyl (C=O) groups excluding carboxylic acids is 1. The van der Waals surface area contributed by atoms with E-state index in [-0.39, 0.29) is 0 Å². The molecule has 13 heavy (non-hydrogen) atoms. The molecule has 8 heteroatoms. The number of nitrogens with zero attached hydrogens (tertiary/aromatic N) is 1. The minimum absolute atomic E-state index is 0.532. The Labute approximate surface area is 71.3 Å². The topological polar surface area (TPSA) is 64.5 Å². The molecule has 4 nitrogen and oxygen atoms in total. The van der Waals surface area contributed by atoms with Gasteiger partial charge in [-0.05, 0) is 0 Å². The molecule has 78 valence electrons. The Morgan fingerprint density at radius 1 is 1.46 bits per heavy atom. The van der Waals surface area contributed by atoms with Gasteiger partial charge in [-0.25, -0.2) is 4.99 Å². The minimum atomic E-state index is -5.19. The Balaban J connectivity index is 0. The largest absolute Gasteiger partial charge is 0.542 e. The van der Waals surface area contributed by atoms with Crippen LogP contribution in [0.4, 0.5) is 17.6 Å². The second kappa shape index (κ2) is 6.21. The van der Waals surface area contributed by atoms with Crippen molar-refractivity contribution in [3.8, 4) is 0 Å². The maximum Gasteiger partial charge on any atom is 0.430 e. The Hall–Kier alpha value is -1.34. The van der Waals surface area contributed by atoms with Gasteiger partial charge in [-0.2, -0.15) is 17.6 Å². The molecule has 0 fully saturated rings. The average molecular weight is 203 g/mol. The lowest BCUT2D eigenvalue weighted by atomic mass is 10.7. The Bertz CT molecular complexity index is 189. The number of carboxylic acids is 1. The van der Waals surface area contributed by atoms with Crippen LogP contribution in [0.2, 0.25) is 0 Å². The summed E-state index contributed by atoms with van der Waals surface area (Å²) in [5.74, 6) is -3.01. The van der Waals surface area contributed by atoms with E-state index in [1.165, 1.54) is 14.1 Å². The molecule has 0 amide bonds. The molecular weight excluding hydrogens is 196 g/mol. The molecule has 0 aromatic rings. The summed E-state index contributed by atoms with van der Waals surface area (Å²) in [6.07, 6.45) is -5.73. The molecule has 0 saturated heterocycles. The summed E-state index contributed by atoms with van der Waals surface area (Å²) in [5, 5.41) is 11.0. The van der Waals surface area contributed by atoms with E-state index in [0.29, 0.717) is 0 Å². The lowest BCUT2D eigenvalue weighted by Crippen LogP contribution is -2.37. The average Bonchev–Trinajstić information content (AvgIpc) is 2.02. The number of hydrogen-bond donors (Lipinski definition) is 1. The third kappa shape index (κ3) is 10.7. The molecular formula is C5H7F4N2O2-. The molecule has 0 aliphatic carbocycles. The van der Waals surface area contributed by atoms with Crippen molar-refractivity contribution in [3.05, 3.63) is 0 Å². The van der Waals surface area contributed by atoms with Crippen LogP contribution in [0.3, 0.4) is 0 Å². The van der Waals surface area contributed by atoms with E-state index in [0.717, 1.165) is 0 Å². The number of aliphatic imine (C=N–C) groups is 1. The first-order valence-corrected chi connectivity index (χ1v) is 2.83. The van der Waals surface area contributed by atoms with Crippen molar-refractivity contribution in [2.24, 2.45) is 4.99 Å². The van der Waals surface area contributed by atoms with Gasteiger partial charge in [-0.1, -0.05) is 0 Å². The Kier molecular flexibility index (Phi) is 6.78. The molecule has 0 bridgehead atoms. The first kappa shape index (κ1) is 14.2. The van der Waals surface area contributed by atoms with Crippen LogP contribution < -0.4 is 10.4 Å². The lowest BCUT2D eigenvalue weighted by molar-refractivity contribution is -0.344. The summed E-state index contributed by atoms with van der Waals surface area (Å²) >= 11 is 0. The van der Waals surface area contributed by atoms with Gasteiger partial charge in [0.1, 0.15) is 5.97 Å². The standard InChI is InChI=1S/C3H7FN2.C2HF3O2/c1-5-3(4)6-2;3-2(4,5)1(6)7/h1-2H3,(H,5,6);(H,6,7)/p-1. The fourth-order valence-corrected chi connectivity index (χ4v) is 0.112. The van der Waals surface area contributed by atoms with Crippen molar-refractivity contribution in [1.29, 1.82) is 0 Å². The van der Waals surface area contributed by atoms with Gasteiger partial charge in [0.25, 0.3) is 6.09 Å². The van der Waals surface area contributed by atoms with Gasteiger partial charge in [-0.15, -0.1) is 0 Å². The van der Waals surface area contributed by atoms with Crippen LogP contribution in [-0.2, 0) is 4.79 Å². The molecule has 0 atom stereocenters. The molecule has 0 aromatic heterocycles. The molecule has 0 aromatic carbocycles. The second-order valence-electron chi connectivity index (χ2n) is 1.55. The van der Waals surface area contributed by atoms with Crippen LogP contribution in [0.25, 0.3) is 0 Å². The predicted molar refractivity (Wildman–Crippen MR) is 34.6 cm³/mol. The summed E-state index contributed by atoms with van der Waals surface area (Å²) in [6, 6.07) is 0. The highest BCUT2D eigenvalue weighted by Gasteiger charge is 2.28. The van der Waals surface area contributed by atoms with Crippen molar-refractivity contribution in [3.63, 3.8) is 0 Å². The molecule has 0 rings (SSSR count). The van der Waals surface area contributed by atoms with Crippen LogP contribution in [-0.4, -0.2) is 32.3 Å². The lowest BCUT2D eigenvalue weighted by Gasteiger charge is -2.03. The van der Waals surface area contributed by atoms with Gasteiger partial charge in [0, 0.05) is 14.1 Å². The number of alkyl halides is 3. The molecule has 0 unspecified atom stereocenters. The smallest absolute Gasteiger partial charge is 0.430 e. The molecule has 0 spiro atoms. The number of halogens is 4. The maximum atomic E-state index is 11.5. The fourth-order valence-electron chi connectivity index (χ4n) is 0.112. The zero-order valence-electron chi connectivity index (χ0n) is 6.78. The highest BCUT2D eigenvalue weighted by molar-refractivity contribution is 5.71. The zero-order chi connectivity index (χ0) is 11.1. The Morgan fingerprint density at radius 2 is 1.77 bits per heavy atom. The number of hydrogen-bond acceptors (Lipinski definition) is 3. The van der Waals surface area contributed by atoms with Crippen LogP contribution in [0, 0.1) is 0 Å². The SMILES string of the molecule is CN=C(F)NC.O=C([O-])C(F)(F)F. The van der Waals surface area contributed by atoms with Gasteiger partial charge in [0.05, 0.1) is 0 Å². The van der Waals surface area contributed by atoms with E-state index in [1.807, 2.05) is 0 Å². The van der Waals surface area contributed by atoms with Crippen LogP contribution in [0.15, 0.2) is 4.99 Å². The molecule has 0 aliphatic heterocycles. The van der Waals surface area contributed by atoms with E-state index < -0.39 is 18.2 Å². The number of rotatable bonds is 0.